The van der Waals surface area contributed by atoms with Gasteiger partial charge in [-0.05, 0) is 18.9 Å². The van der Waals surface area contributed by atoms with Gasteiger partial charge >= 0.3 is 0 Å². The van der Waals surface area contributed by atoms with Crippen molar-refractivity contribution < 1.29 is 8.78 Å². The van der Waals surface area contributed by atoms with Gasteiger partial charge in [-0.25, -0.2) is 18.7 Å². The minimum absolute atomic E-state index is 0.0310. The van der Waals surface area contributed by atoms with E-state index in [0.29, 0.717) is 23.1 Å². The molecule has 1 heterocycles. The molecule has 98 valence electrons. The second kappa shape index (κ2) is 4.57. The normalized spacial score (nSPS) is 14.9. The van der Waals surface area contributed by atoms with Crippen LogP contribution in [0.3, 0.4) is 0 Å². The maximum Gasteiger partial charge on any atom is 0.263 e. The summed E-state index contributed by atoms with van der Waals surface area (Å²) >= 11 is 0. The molecule has 3 rings (SSSR count). The molecule has 1 aliphatic rings. The number of hydrogen-bond acceptors (Lipinski definition) is 3. The van der Waals surface area contributed by atoms with Gasteiger partial charge in [-0.2, -0.15) is 0 Å². The molecule has 1 aromatic carbocycles. The number of aromatic nitrogens is 2. The lowest BCUT2D eigenvalue weighted by molar-refractivity contribution is 0.151. The fraction of sp³-hybridized carbons (Fsp3) is 0.286. The monoisotopic (exact) mass is 261 g/mol. The Kier molecular flexibility index (Phi) is 2.89. The van der Waals surface area contributed by atoms with Crippen LogP contribution in [-0.4, -0.2) is 9.97 Å². The SMILES string of the molecule is Nc1cc(C2CC2)nc(-c2cccc(C(F)F)c2)n1. The summed E-state index contributed by atoms with van der Waals surface area (Å²) in [5.41, 5.74) is 7.21. The van der Waals surface area contributed by atoms with Crippen molar-refractivity contribution in [1.82, 2.24) is 9.97 Å². The Balaban J connectivity index is 2.03. The van der Waals surface area contributed by atoms with Crippen molar-refractivity contribution in [3.63, 3.8) is 0 Å². The molecule has 0 atom stereocenters. The van der Waals surface area contributed by atoms with Gasteiger partial charge in [0.15, 0.2) is 5.82 Å². The molecule has 0 bridgehead atoms. The Bertz CT molecular complexity index is 609. The smallest absolute Gasteiger partial charge is 0.263 e. The summed E-state index contributed by atoms with van der Waals surface area (Å²) in [4.78, 5) is 8.57. The van der Waals surface area contributed by atoms with Crippen molar-refractivity contribution in [3.05, 3.63) is 41.6 Å². The van der Waals surface area contributed by atoms with Gasteiger partial charge < -0.3 is 5.73 Å². The van der Waals surface area contributed by atoms with E-state index in [2.05, 4.69) is 9.97 Å². The first-order valence-electron chi connectivity index (χ1n) is 6.16. The third-order valence-corrected chi connectivity index (χ3v) is 3.16. The maximum absolute atomic E-state index is 12.7. The Morgan fingerprint density at radius 3 is 2.63 bits per heavy atom. The highest BCUT2D eigenvalue weighted by Gasteiger charge is 2.26. The molecule has 0 unspecified atom stereocenters. The molecule has 1 fully saturated rings. The topological polar surface area (TPSA) is 51.8 Å². The van der Waals surface area contributed by atoms with Crippen molar-refractivity contribution in [2.24, 2.45) is 0 Å². The second-order valence-electron chi connectivity index (χ2n) is 4.74. The van der Waals surface area contributed by atoms with Crippen molar-refractivity contribution in [3.8, 4) is 11.4 Å². The summed E-state index contributed by atoms with van der Waals surface area (Å²) in [6.07, 6.45) is -0.288. The van der Waals surface area contributed by atoms with E-state index in [9.17, 15) is 8.78 Å². The molecule has 1 aliphatic carbocycles. The lowest BCUT2D eigenvalue weighted by Gasteiger charge is -2.06. The number of benzene rings is 1. The van der Waals surface area contributed by atoms with E-state index in [0.717, 1.165) is 18.5 Å². The van der Waals surface area contributed by atoms with Gasteiger partial charge in [0.05, 0.1) is 0 Å². The predicted octanol–water partition coefficient (Wildman–Crippen LogP) is 3.54. The predicted molar refractivity (Wildman–Crippen MR) is 68.8 cm³/mol. The van der Waals surface area contributed by atoms with E-state index >= 15 is 0 Å². The van der Waals surface area contributed by atoms with Crippen LogP contribution < -0.4 is 5.73 Å². The molecular weight excluding hydrogens is 248 g/mol. The Morgan fingerprint density at radius 2 is 1.95 bits per heavy atom. The standard InChI is InChI=1S/C14H13F2N3/c15-13(16)9-2-1-3-10(6-9)14-18-11(8-4-5-8)7-12(17)19-14/h1-3,6-8,13H,4-5H2,(H2,17,18,19). The summed E-state index contributed by atoms with van der Waals surface area (Å²) in [7, 11) is 0. The number of halogens is 2. The maximum atomic E-state index is 12.7. The zero-order valence-corrected chi connectivity index (χ0v) is 10.2. The second-order valence-corrected chi connectivity index (χ2v) is 4.74. The molecule has 0 aliphatic heterocycles. The van der Waals surface area contributed by atoms with Gasteiger partial charge in [-0.3, -0.25) is 0 Å². The van der Waals surface area contributed by atoms with Gasteiger partial charge in [0, 0.05) is 28.8 Å². The van der Waals surface area contributed by atoms with Crippen LogP contribution in [0, 0.1) is 0 Å². The van der Waals surface area contributed by atoms with Crippen LogP contribution >= 0.6 is 0 Å². The molecule has 0 amide bonds. The van der Waals surface area contributed by atoms with Crippen LogP contribution in [0.25, 0.3) is 11.4 Å². The molecular formula is C14H13F2N3. The lowest BCUT2D eigenvalue weighted by Crippen LogP contribution is -2.00. The first-order valence-corrected chi connectivity index (χ1v) is 6.16. The van der Waals surface area contributed by atoms with Gasteiger partial charge in [0.25, 0.3) is 6.43 Å². The molecule has 1 aromatic heterocycles. The zero-order chi connectivity index (χ0) is 13.4. The summed E-state index contributed by atoms with van der Waals surface area (Å²) in [5, 5.41) is 0. The molecule has 1 saturated carbocycles. The number of hydrogen-bond donors (Lipinski definition) is 1. The lowest BCUT2D eigenvalue weighted by atomic mass is 10.1. The van der Waals surface area contributed by atoms with Gasteiger partial charge in [-0.1, -0.05) is 18.2 Å². The summed E-state index contributed by atoms with van der Waals surface area (Å²) < 4.78 is 25.4. The third-order valence-electron chi connectivity index (χ3n) is 3.16. The summed E-state index contributed by atoms with van der Waals surface area (Å²) in [6.45, 7) is 0. The molecule has 2 aromatic rings. The van der Waals surface area contributed by atoms with Crippen LogP contribution in [0.1, 0.15) is 36.4 Å². The first kappa shape index (κ1) is 12.0. The zero-order valence-electron chi connectivity index (χ0n) is 10.2. The molecule has 2 N–H and O–H groups in total. The number of anilines is 1. The Hall–Kier alpha value is -2.04. The minimum atomic E-state index is -2.50. The van der Waals surface area contributed by atoms with E-state index in [1.54, 1.807) is 18.2 Å². The molecule has 0 spiro atoms. The average molecular weight is 261 g/mol. The highest BCUT2D eigenvalue weighted by molar-refractivity contribution is 5.58. The molecule has 5 heteroatoms. The van der Waals surface area contributed by atoms with E-state index in [4.69, 9.17) is 5.73 Å². The van der Waals surface area contributed by atoms with Crippen molar-refractivity contribution >= 4 is 5.82 Å². The highest BCUT2D eigenvalue weighted by Crippen LogP contribution is 2.40. The van der Waals surface area contributed by atoms with Gasteiger partial charge in [-0.15, -0.1) is 0 Å². The third kappa shape index (κ3) is 2.54. The van der Waals surface area contributed by atoms with E-state index in [1.807, 2.05) is 0 Å². The largest absolute Gasteiger partial charge is 0.384 e. The van der Waals surface area contributed by atoms with E-state index in [-0.39, 0.29) is 5.56 Å². The number of nitrogens with two attached hydrogens (primary N) is 1. The molecule has 3 nitrogen and oxygen atoms in total. The van der Waals surface area contributed by atoms with E-state index in [1.165, 1.54) is 12.1 Å². The fourth-order valence-corrected chi connectivity index (χ4v) is 2.02. The minimum Gasteiger partial charge on any atom is -0.384 e. The van der Waals surface area contributed by atoms with Crippen LogP contribution in [-0.2, 0) is 0 Å². The highest BCUT2D eigenvalue weighted by atomic mass is 19.3. The first-order chi connectivity index (χ1) is 9.13. The Labute approximate surface area is 109 Å². The number of nitrogens with zero attached hydrogens (tertiary/aromatic N) is 2. The van der Waals surface area contributed by atoms with Crippen LogP contribution in [0.2, 0.25) is 0 Å². The fourth-order valence-electron chi connectivity index (χ4n) is 2.02. The number of rotatable bonds is 3. The molecule has 19 heavy (non-hydrogen) atoms. The van der Waals surface area contributed by atoms with Gasteiger partial charge in [0.1, 0.15) is 5.82 Å². The molecule has 0 saturated heterocycles. The summed E-state index contributed by atoms with van der Waals surface area (Å²) in [6, 6.07) is 7.87. The number of alkyl halides is 2. The molecule has 0 radical (unpaired) electrons. The van der Waals surface area contributed by atoms with Gasteiger partial charge in [0.2, 0.25) is 0 Å². The van der Waals surface area contributed by atoms with Crippen LogP contribution in [0.4, 0.5) is 14.6 Å². The quantitative estimate of drug-likeness (QED) is 0.919. The van der Waals surface area contributed by atoms with Crippen LogP contribution in [0.15, 0.2) is 30.3 Å². The Morgan fingerprint density at radius 1 is 1.16 bits per heavy atom. The van der Waals surface area contributed by atoms with Crippen molar-refractivity contribution in [2.45, 2.75) is 25.2 Å². The number of nitrogen functional groups attached to an aromatic ring is 1. The van der Waals surface area contributed by atoms with Crippen molar-refractivity contribution in [1.29, 1.82) is 0 Å². The van der Waals surface area contributed by atoms with Crippen molar-refractivity contribution in [2.75, 3.05) is 5.73 Å². The average Bonchev–Trinajstić information content (AvgIpc) is 3.22. The summed E-state index contributed by atoms with van der Waals surface area (Å²) in [5.74, 6) is 1.25. The van der Waals surface area contributed by atoms with E-state index < -0.39 is 6.43 Å². The van der Waals surface area contributed by atoms with Crippen LogP contribution in [0.5, 0.6) is 0 Å².